The van der Waals surface area contributed by atoms with Crippen LogP contribution in [0.15, 0.2) is 182 Å². The van der Waals surface area contributed by atoms with Gasteiger partial charge in [0.2, 0.25) is 0 Å². The number of rotatable bonds is 6. The summed E-state index contributed by atoms with van der Waals surface area (Å²) < 4.78 is 5.19. The van der Waals surface area contributed by atoms with Crippen LogP contribution in [-0.4, -0.2) is 4.98 Å². The summed E-state index contributed by atoms with van der Waals surface area (Å²) in [5.74, 6) is 0. The normalized spacial score (nSPS) is 12.0. The molecule has 0 bridgehead atoms. The average molecular weight is 738 g/mol. The number of H-pyrrole nitrogens is 1. The van der Waals surface area contributed by atoms with Crippen LogP contribution < -0.4 is 9.80 Å². The van der Waals surface area contributed by atoms with Gasteiger partial charge in [0, 0.05) is 75.8 Å². The summed E-state index contributed by atoms with van der Waals surface area (Å²) in [4.78, 5) is 8.74. The number of para-hydroxylation sites is 4. The zero-order valence-electron chi connectivity index (χ0n) is 29.5. The summed E-state index contributed by atoms with van der Waals surface area (Å²) in [5.41, 5.74) is 9.36. The number of nitrogens with one attached hydrogen (secondary N) is 1. The third-order valence-electron chi connectivity index (χ3n) is 11.1. The van der Waals surface area contributed by atoms with Gasteiger partial charge in [-0.05, 0) is 95.7 Å². The monoisotopic (exact) mass is 737 g/mol. The van der Waals surface area contributed by atoms with Gasteiger partial charge in [-0.1, -0.05) is 97.1 Å². The van der Waals surface area contributed by atoms with Gasteiger partial charge in [-0.2, -0.15) is 0 Å². The van der Waals surface area contributed by atoms with Gasteiger partial charge in [-0.15, -0.1) is 22.7 Å². The molecule has 9 aromatic carbocycles. The minimum absolute atomic E-state index is 1.14. The largest absolute Gasteiger partial charge is 0.352 e. The van der Waals surface area contributed by atoms with E-state index in [4.69, 9.17) is 0 Å². The number of benzene rings is 9. The average Bonchev–Trinajstić information content (AvgIpc) is 3.94. The molecule has 0 unspecified atom stereocenters. The van der Waals surface area contributed by atoms with Gasteiger partial charge in [0.25, 0.3) is 0 Å². The fourth-order valence-electron chi connectivity index (χ4n) is 8.67. The van der Waals surface area contributed by atoms with Gasteiger partial charge in [-0.3, -0.25) is 0 Å². The Hall–Kier alpha value is -6.66. The fourth-order valence-corrected chi connectivity index (χ4v) is 11.1. The summed E-state index contributed by atoms with van der Waals surface area (Å²) in [7, 11) is 0. The zero-order chi connectivity index (χ0) is 36.0. The third-order valence-corrected chi connectivity index (χ3v) is 13.4. The lowest BCUT2D eigenvalue weighted by atomic mass is 9.98. The Bertz CT molecular complexity index is 3060. The standard InChI is InChI=1S/C50H31N3S2/c1-5-13-33(14-6-1)52(34-15-7-2-8-16-34)37-23-25-39-41-27-31-21-22-32-28-42-40-26-24-38(53(35-17-9-3-10-18-35)36-19-11-4-12-20-36)30-44(40)55-50(42)48-46(32)45(31)47(51-48)49(41)54-43(39)29-37/h1-30,51H. The predicted molar refractivity (Wildman–Crippen MR) is 240 cm³/mol. The van der Waals surface area contributed by atoms with Crippen LogP contribution in [0.2, 0.25) is 0 Å². The Balaban J connectivity index is 1.05. The number of nitrogens with zero attached hydrogens (tertiary/aromatic N) is 2. The van der Waals surface area contributed by atoms with Crippen molar-refractivity contribution in [3.8, 4) is 0 Å². The number of hydrogen-bond acceptors (Lipinski definition) is 4. The Morgan fingerprint density at radius 1 is 0.327 bits per heavy atom. The molecule has 3 aromatic heterocycles. The van der Waals surface area contributed by atoms with E-state index in [9.17, 15) is 0 Å². The number of fused-ring (bicyclic) bond motifs is 8. The predicted octanol–water partition coefficient (Wildman–Crippen LogP) is 15.6. The van der Waals surface area contributed by atoms with Gasteiger partial charge >= 0.3 is 0 Å². The van der Waals surface area contributed by atoms with Crippen molar-refractivity contribution in [2.24, 2.45) is 0 Å². The topological polar surface area (TPSA) is 22.3 Å². The highest BCUT2D eigenvalue weighted by molar-refractivity contribution is 7.27. The van der Waals surface area contributed by atoms with E-state index >= 15 is 0 Å². The van der Waals surface area contributed by atoms with Crippen molar-refractivity contribution in [2.45, 2.75) is 0 Å². The second-order valence-electron chi connectivity index (χ2n) is 14.2. The molecule has 3 nitrogen and oxygen atoms in total. The maximum Gasteiger partial charge on any atom is 0.0653 e. The maximum atomic E-state index is 4.05. The zero-order valence-corrected chi connectivity index (χ0v) is 31.2. The van der Waals surface area contributed by atoms with Gasteiger partial charge in [-0.25, -0.2) is 0 Å². The van der Waals surface area contributed by atoms with Crippen molar-refractivity contribution < 1.29 is 0 Å². The molecule has 12 rings (SSSR count). The second-order valence-corrected chi connectivity index (χ2v) is 16.3. The first-order valence-corrected chi connectivity index (χ1v) is 20.2. The molecule has 258 valence electrons. The molecule has 12 aromatic rings. The minimum Gasteiger partial charge on any atom is -0.352 e. The molecular weight excluding hydrogens is 707 g/mol. The van der Waals surface area contributed by atoms with Crippen molar-refractivity contribution in [1.29, 1.82) is 0 Å². The molecule has 1 N–H and O–H groups in total. The SMILES string of the molecule is c1ccc(N(c2ccccc2)c2ccc3c(c2)sc2c3cc3ccc4cc5c6ccc(N(c7ccccc7)c7ccccc7)cc6sc5c5[nH]c2c3c45)cc1. The molecule has 0 spiro atoms. The molecule has 5 heteroatoms. The molecule has 3 heterocycles. The van der Waals surface area contributed by atoms with Crippen molar-refractivity contribution in [1.82, 2.24) is 4.98 Å². The molecule has 0 radical (unpaired) electrons. The quantitative estimate of drug-likeness (QED) is 0.172. The number of anilines is 6. The van der Waals surface area contributed by atoms with Crippen LogP contribution in [0.5, 0.6) is 0 Å². The molecule has 55 heavy (non-hydrogen) atoms. The van der Waals surface area contributed by atoms with E-state index in [1.54, 1.807) is 0 Å². The maximum absolute atomic E-state index is 4.05. The lowest BCUT2D eigenvalue weighted by Crippen LogP contribution is -2.09. The molecular formula is C50H31N3S2. The highest BCUT2D eigenvalue weighted by Gasteiger charge is 2.22. The summed E-state index contributed by atoms with van der Waals surface area (Å²) in [6, 6.07) is 66.0. The summed E-state index contributed by atoms with van der Waals surface area (Å²) in [5, 5.41) is 10.4. The van der Waals surface area contributed by atoms with E-state index in [1.165, 1.54) is 72.9 Å². The van der Waals surface area contributed by atoms with E-state index in [2.05, 4.69) is 197 Å². The molecule has 0 atom stereocenters. The van der Waals surface area contributed by atoms with E-state index in [-0.39, 0.29) is 0 Å². The fraction of sp³-hybridized carbons (Fsp3) is 0. The van der Waals surface area contributed by atoms with Gasteiger partial charge in [0.15, 0.2) is 0 Å². The Labute approximate surface area is 324 Å². The summed E-state index contributed by atoms with van der Waals surface area (Å²) in [6.45, 7) is 0. The van der Waals surface area contributed by atoms with Gasteiger partial charge < -0.3 is 14.8 Å². The van der Waals surface area contributed by atoms with Crippen LogP contribution in [-0.2, 0) is 0 Å². The lowest BCUT2D eigenvalue weighted by Gasteiger charge is -2.25. The van der Waals surface area contributed by atoms with Crippen molar-refractivity contribution in [3.05, 3.63) is 182 Å². The molecule has 0 amide bonds. The first-order valence-electron chi connectivity index (χ1n) is 18.6. The van der Waals surface area contributed by atoms with E-state index in [1.807, 2.05) is 22.7 Å². The molecule has 0 fully saturated rings. The highest BCUT2D eigenvalue weighted by atomic mass is 32.1. The molecule has 0 saturated carbocycles. The van der Waals surface area contributed by atoms with Crippen LogP contribution in [0.1, 0.15) is 0 Å². The van der Waals surface area contributed by atoms with Crippen molar-refractivity contribution in [3.63, 3.8) is 0 Å². The highest BCUT2D eigenvalue weighted by Crippen LogP contribution is 2.50. The van der Waals surface area contributed by atoms with Crippen LogP contribution in [0.4, 0.5) is 34.1 Å². The third kappa shape index (κ3) is 4.67. The van der Waals surface area contributed by atoms with Crippen molar-refractivity contribution in [2.75, 3.05) is 9.80 Å². The number of aromatic amines is 1. The Morgan fingerprint density at radius 2 is 0.691 bits per heavy atom. The van der Waals surface area contributed by atoms with E-state index in [0.717, 1.165) is 34.1 Å². The first kappa shape index (κ1) is 30.8. The van der Waals surface area contributed by atoms with Crippen LogP contribution in [0.25, 0.3) is 72.9 Å². The lowest BCUT2D eigenvalue weighted by molar-refractivity contribution is 1.29. The summed E-state index contributed by atoms with van der Waals surface area (Å²) >= 11 is 3.79. The van der Waals surface area contributed by atoms with E-state index < -0.39 is 0 Å². The number of thiophene rings is 2. The Morgan fingerprint density at radius 3 is 1.05 bits per heavy atom. The van der Waals surface area contributed by atoms with Gasteiger partial charge in [0.05, 0.1) is 20.4 Å². The Kier molecular flexibility index (Phi) is 6.67. The summed E-state index contributed by atoms with van der Waals surface area (Å²) in [6.07, 6.45) is 0. The molecule has 0 saturated heterocycles. The second kappa shape index (κ2) is 11.9. The molecule has 0 aliphatic heterocycles. The van der Waals surface area contributed by atoms with Crippen LogP contribution in [0, 0.1) is 0 Å². The van der Waals surface area contributed by atoms with Crippen molar-refractivity contribution >= 4 is 130 Å². The number of aromatic nitrogens is 1. The van der Waals surface area contributed by atoms with Gasteiger partial charge in [0.1, 0.15) is 0 Å². The first-order chi connectivity index (χ1) is 27.3. The van der Waals surface area contributed by atoms with Crippen LogP contribution >= 0.6 is 22.7 Å². The van der Waals surface area contributed by atoms with E-state index in [0.29, 0.717) is 0 Å². The smallest absolute Gasteiger partial charge is 0.0653 e. The molecule has 0 aliphatic carbocycles. The molecule has 0 aliphatic rings. The number of hydrogen-bond donors (Lipinski definition) is 1. The van der Waals surface area contributed by atoms with Crippen LogP contribution in [0.3, 0.4) is 0 Å². The minimum atomic E-state index is 1.14.